The molecule has 5 heteroatoms. The Bertz CT molecular complexity index is 343. The Labute approximate surface area is 112 Å². The summed E-state index contributed by atoms with van der Waals surface area (Å²) in [6.45, 7) is 4.40. The highest BCUT2D eigenvalue weighted by atomic mass is 32.2. The zero-order valence-electron chi connectivity index (χ0n) is 11.9. The van der Waals surface area contributed by atoms with Crippen molar-refractivity contribution in [3.05, 3.63) is 0 Å². The predicted octanol–water partition coefficient (Wildman–Crippen LogP) is 1.86. The van der Waals surface area contributed by atoms with Gasteiger partial charge in [-0.1, -0.05) is 26.7 Å². The largest absolute Gasteiger partial charge is 0.271 e. The van der Waals surface area contributed by atoms with Gasteiger partial charge in [-0.2, -0.15) is 0 Å². The van der Waals surface area contributed by atoms with Crippen molar-refractivity contribution in [2.75, 3.05) is 6.26 Å². The molecule has 0 aliphatic heterocycles. The minimum atomic E-state index is -2.90. The molecule has 0 saturated heterocycles. The van der Waals surface area contributed by atoms with Gasteiger partial charge in [0.2, 0.25) is 0 Å². The first-order chi connectivity index (χ1) is 8.38. The zero-order chi connectivity index (χ0) is 13.8. The second-order valence-corrected chi connectivity index (χ2v) is 8.23. The highest BCUT2D eigenvalue weighted by Gasteiger charge is 2.32. The summed E-state index contributed by atoms with van der Waals surface area (Å²) in [4.78, 5) is 0. The van der Waals surface area contributed by atoms with E-state index < -0.39 is 9.84 Å². The molecule has 0 radical (unpaired) electrons. The summed E-state index contributed by atoms with van der Waals surface area (Å²) in [7, 11) is -2.90. The predicted molar refractivity (Wildman–Crippen MR) is 75.8 cm³/mol. The SMILES string of the molecule is CCC(C)CC(NN)C1CCCC(S(C)(=O)=O)C1. The molecule has 4 nitrogen and oxygen atoms in total. The van der Waals surface area contributed by atoms with Gasteiger partial charge in [0.05, 0.1) is 5.25 Å². The van der Waals surface area contributed by atoms with Crippen LogP contribution in [0.15, 0.2) is 0 Å². The van der Waals surface area contributed by atoms with Crippen LogP contribution in [0.4, 0.5) is 0 Å². The van der Waals surface area contributed by atoms with Gasteiger partial charge in [-0.3, -0.25) is 11.3 Å². The summed E-state index contributed by atoms with van der Waals surface area (Å²) in [5, 5.41) is -0.163. The molecule has 0 heterocycles. The number of hydrogen-bond donors (Lipinski definition) is 2. The van der Waals surface area contributed by atoms with Gasteiger partial charge in [-0.25, -0.2) is 8.42 Å². The molecule has 3 N–H and O–H groups in total. The van der Waals surface area contributed by atoms with Crippen molar-refractivity contribution in [2.45, 2.75) is 63.7 Å². The summed E-state index contributed by atoms with van der Waals surface area (Å²) in [5.41, 5.74) is 2.91. The van der Waals surface area contributed by atoms with Crippen LogP contribution in [0.25, 0.3) is 0 Å². The number of hydrogen-bond acceptors (Lipinski definition) is 4. The van der Waals surface area contributed by atoms with Crippen LogP contribution >= 0.6 is 0 Å². The zero-order valence-corrected chi connectivity index (χ0v) is 12.7. The lowest BCUT2D eigenvalue weighted by atomic mass is 9.80. The fourth-order valence-electron chi connectivity index (χ4n) is 2.93. The van der Waals surface area contributed by atoms with E-state index in [1.807, 2.05) is 0 Å². The third kappa shape index (κ3) is 4.52. The van der Waals surface area contributed by atoms with Crippen LogP contribution in [0.5, 0.6) is 0 Å². The van der Waals surface area contributed by atoms with Crippen LogP contribution in [0.1, 0.15) is 52.4 Å². The van der Waals surface area contributed by atoms with E-state index in [0.29, 0.717) is 11.8 Å². The number of nitrogens with two attached hydrogens (primary N) is 1. The monoisotopic (exact) mass is 276 g/mol. The Morgan fingerprint density at radius 1 is 1.39 bits per heavy atom. The maximum absolute atomic E-state index is 11.7. The molecular weight excluding hydrogens is 248 g/mol. The standard InChI is InChI=1S/C13H28N2O2S/c1-4-10(2)8-13(15-14)11-6-5-7-12(9-11)18(3,16)17/h10-13,15H,4-9,14H2,1-3H3. The third-order valence-electron chi connectivity index (χ3n) is 4.41. The minimum absolute atomic E-state index is 0.163. The summed E-state index contributed by atoms with van der Waals surface area (Å²) in [5.74, 6) is 6.69. The first-order valence-electron chi connectivity index (χ1n) is 7.03. The van der Waals surface area contributed by atoms with Crippen molar-refractivity contribution >= 4 is 9.84 Å². The van der Waals surface area contributed by atoms with E-state index in [0.717, 1.165) is 38.5 Å². The van der Waals surface area contributed by atoms with Crippen LogP contribution in [-0.4, -0.2) is 26.0 Å². The molecule has 18 heavy (non-hydrogen) atoms. The maximum Gasteiger partial charge on any atom is 0.150 e. The lowest BCUT2D eigenvalue weighted by molar-refractivity contribution is 0.238. The second kappa shape index (κ2) is 6.87. The quantitative estimate of drug-likeness (QED) is 0.574. The van der Waals surface area contributed by atoms with Gasteiger partial charge in [-0.05, 0) is 37.5 Å². The molecule has 1 aliphatic rings. The van der Waals surface area contributed by atoms with E-state index in [1.54, 1.807) is 0 Å². The van der Waals surface area contributed by atoms with E-state index >= 15 is 0 Å². The van der Waals surface area contributed by atoms with Gasteiger partial charge in [0.25, 0.3) is 0 Å². The normalized spacial score (nSPS) is 28.9. The smallest absolute Gasteiger partial charge is 0.150 e. The average molecular weight is 276 g/mol. The van der Waals surface area contributed by atoms with Crippen molar-refractivity contribution in [3.8, 4) is 0 Å². The Morgan fingerprint density at radius 2 is 2.06 bits per heavy atom. The molecule has 0 aromatic rings. The van der Waals surface area contributed by atoms with E-state index in [9.17, 15) is 8.42 Å². The second-order valence-electron chi connectivity index (χ2n) is 5.90. The molecular formula is C13H28N2O2S. The van der Waals surface area contributed by atoms with Crippen LogP contribution in [0.3, 0.4) is 0 Å². The Morgan fingerprint density at radius 3 is 2.56 bits per heavy atom. The van der Waals surface area contributed by atoms with Crippen molar-refractivity contribution in [1.82, 2.24) is 5.43 Å². The Kier molecular flexibility index (Phi) is 6.08. The fourth-order valence-corrected chi connectivity index (χ4v) is 4.12. The van der Waals surface area contributed by atoms with E-state index in [4.69, 9.17) is 5.84 Å². The molecule has 0 aromatic heterocycles. The topological polar surface area (TPSA) is 72.2 Å². The molecule has 1 rings (SSSR count). The van der Waals surface area contributed by atoms with Gasteiger partial charge in [0.15, 0.2) is 0 Å². The lowest BCUT2D eigenvalue weighted by Crippen LogP contribution is -2.45. The summed E-state index contributed by atoms with van der Waals surface area (Å²) < 4.78 is 23.3. The van der Waals surface area contributed by atoms with Crippen molar-refractivity contribution in [1.29, 1.82) is 0 Å². The van der Waals surface area contributed by atoms with E-state index in [2.05, 4.69) is 19.3 Å². The lowest BCUT2D eigenvalue weighted by Gasteiger charge is -2.34. The summed E-state index contributed by atoms with van der Waals surface area (Å²) >= 11 is 0. The molecule has 1 fully saturated rings. The number of sulfone groups is 1. The molecule has 0 aromatic carbocycles. The first-order valence-corrected chi connectivity index (χ1v) is 8.98. The maximum atomic E-state index is 11.7. The highest BCUT2D eigenvalue weighted by molar-refractivity contribution is 7.91. The number of hydrazine groups is 1. The molecule has 1 saturated carbocycles. The van der Waals surface area contributed by atoms with Gasteiger partial charge in [0, 0.05) is 12.3 Å². The van der Waals surface area contributed by atoms with Crippen molar-refractivity contribution in [2.24, 2.45) is 17.7 Å². The Hall–Kier alpha value is -0.130. The van der Waals surface area contributed by atoms with Gasteiger partial charge < -0.3 is 0 Å². The summed E-state index contributed by atoms with van der Waals surface area (Å²) in [6.07, 6.45) is 7.21. The van der Waals surface area contributed by atoms with Gasteiger partial charge >= 0.3 is 0 Å². The van der Waals surface area contributed by atoms with Gasteiger partial charge in [-0.15, -0.1) is 0 Å². The van der Waals surface area contributed by atoms with Crippen LogP contribution in [0, 0.1) is 11.8 Å². The molecule has 4 unspecified atom stereocenters. The number of rotatable bonds is 6. The first kappa shape index (κ1) is 15.9. The van der Waals surface area contributed by atoms with Crippen molar-refractivity contribution < 1.29 is 8.42 Å². The van der Waals surface area contributed by atoms with Crippen LogP contribution < -0.4 is 11.3 Å². The molecule has 1 aliphatic carbocycles. The molecule has 108 valence electrons. The fraction of sp³-hybridized carbons (Fsp3) is 1.00. The van der Waals surface area contributed by atoms with E-state index in [1.165, 1.54) is 6.26 Å². The Balaban J connectivity index is 2.63. The molecule has 0 amide bonds. The third-order valence-corrected chi connectivity index (χ3v) is 6.05. The van der Waals surface area contributed by atoms with Crippen LogP contribution in [0.2, 0.25) is 0 Å². The molecule has 0 bridgehead atoms. The molecule has 4 atom stereocenters. The summed E-state index contributed by atoms with van der Waals surface area (Å²) in [6, 6.07) is 0.254. The average Bonchev–Trinajstić information content (AvgIpc) is 2.34. The number of nitrogens with one attached hydrogen (secondary N) is 1. The van der Waals surface area contributed by atoms with E-state index in [-0.39, 0.29) is 11.3 Å². The molecule has 0 spiro atoms. The minimum Gasteiger partial charge on any atom is -0.271 e. The van der Waals surface area contributed by atoms with Crippen molar-refractivity contribution in [3.63, 3.8) is 0 Å². The van der Waals surface area contributed by atoms with Crippen LogP contribution in [-0.2, 0) is 9.84 Å². The highest BCUT2D eigenvalue weighted by Crippen LogP contribution is 2.32. The van der Waals surface area contributed by atoms with Gasteiger partial charge in [0.1, 0.15) is 9.84 Å².